The minimum Gasteiger partial charge on any atom is -0.478 e. The largest absolute Gasteiger partial charge is 0.478 e. The van der Waals surface area contributed by atoms with Crippen LogP contribution in [0, 0.1) is 0 Å². The van der Waals surface area contributed by atoms with Gasteiger partial charge in [-0.05, 0) is 51.9 Å². The van der Waals surface area contributed by atoms with Crippen molar-refractivity contribution in [2.75, 3.05) is 10.6 Å². The average Bonchev–Trinajstić information content (AvgIpc) is 2.88. The zero-order valence-electron chi connectivity index (χ0n) is 21.8. The summed E-state index contributed by atoms with van der Waals surface area (Å²) in [5.74, 6) is -3.66. The number of anilines is 2. The van der Waals surface area contributed by atoms with Gasteiger partial charge in [-0.15, -0.1) is 0 Å². The van der Waals surface area contributed by atoms with E-state index in [1.807, 2.05) is 24.3 Å². The lowest BCUT2D eigenvalue weighted by atomic mass is 9.82. The molecule has 0 saturated carbocycles. The second-order valence-electron chi connectivity index (χ2n) is 9.87. The van der Waals surface area contributed by atoms with Crippen LogP contribution in [0.3, 0.4) is 0 Å². The second-order valence-corrected chi connectivity index (χ2v) is 9.87. The van der Waals surface area contributed by atoms with Crippen LogP contribution in [0.15, 0.2) is 97.1 Å². The van der Waals surface area contributed by atoms with Crippen LogP contribution < -0.4 is 10.6 Å². The summed E-state index contributed by atoms with van der Waals surface area (Å²) in [5.41, 5.74) is 5.20. The molecule has 0 aromatic heterocycles. The molecule has 0 heterocycles. The summed E-state index contributed by atoms with van der Waals surface area (Å²) in [4.78, 5) is 45.2. The molecule has 0 spiro atoms. The normalized spacial score (nSPS) is 11.6. The Morgan fingerprint density at radius 2 is 0.923 bits per heavy atom. The van der Waals surface area contributed by atoms with E-state index in [1.165, 1.54) is 5.56 Å². The number of carboxylic acid groups (broad SMARTS) is 2. The zero-order valence-corrected chi connectivity index (χ0v) is 21.8. The molecule has 0 aliphatic heterocycles. The maximum absolute atomic E-state index is 11.9. The smallest absolute Gasteiger partial charge is 0.328 e. The van der Waals surface area contributed by atoms with E-state index < -0.39 is 23.8 Å². The van der Waals surface area contributed by atoms with Crippen molar-refractivity contribution in [3.8, 4) is 0 Å². The lowest BCUT2D eigenvalue weighted by molar-refractivity contribution is -0.132. The Kier molecular flexibility index (Phi) is 9.17. The van der Waals surface area contributed by atoms with E-state index in [2.05, 4.69) is 55.7 Å². The van der Waals surface area contributed by atoms with E-state index >= 15 is 0 Å². The van der Waals surface area contributed by atoms with Gasteiger partial charge in [0.15, 0.2) is 0 Å². The number of carboxylic acids is 2. The molecule has 0 aliphatic rings. The molecule has 0 unspecified atom stereocenters. The molecule has 0 fully saturated rings. The zero-order chi connectivity index (χ0) is 28.6. The summed E-state index contributed by atoms with van der Waals surface area (Å²) in [7, 11) is 0. The first-order valence-corrected chi connectivity index (χ1v) is 12.2. The van der Waals surface area contributed by atoms with Gasteiger partial charge in [-0.1, -0.05) is 69.3 Å². The molecule has 8 heteroatoms. The highest BCUT2D eigenvalue weighted by Gasteiger charge is 2.19. The van der Waals surface area contributed by atoms with Crippen LogP contribution in [-0.4, -0.2) is 34.0 Å². The maximum Gasteiger partial charge on any atom is 0.328 e. The van der Waals surface area contributed by atoms with Crippen LogP contribution in [0.1, 0.15) is 48.9 Å². The number of hydrogen-bond acceptors (Lipinski definition) is 4. The van der Waals surface area contributed by atoms with Crippen LogP contribution in [0.5, 0.6) is 0 Å². The number of nitrogens with one attached hydrogen (secondary N) is 2. The summed E-state index contributed by atoms with van der Waals surface area (Å²) < 4.78 is 0. The third-order valence-electron chi connectivity index (χ3n) is 5.89. The lowest BCUT2D eigenvalue weighted by Crippen LogP contribution is -2.12. The van der Waals surface area contributed by atoms with Crippen molar-refractivity contribution in [2.24, 2.45) is 0 Å². The summed E-state index contributed by atoms with van der Waals surface area (Å²) in [5, 5.41) is 22.7. The van der Waals surface area contributed by atoms with Gasteiger partial charge in [0.05, 0.1) is 0 Å². The molecule has 3 aromatic carbocycles. The van der Waals surface area contributed by atoms with Gasteiger partial charge >= 0.3 is 11.9 Å². The summed E-state index contributed by atoms with van der Waals surface area (Å²) in [6.45, 7) is 6.45. The number of carbonyl (C=O) groups excluding carboxylic acids is 2. The highest BCUT2D eigenvalue weighted by atomic mass is 16.4. The number of hydrogen-bond donors (Lipinski definition) is 4. The minimum absolute atomic E-state index is 0.00208. The Balaban J connectivity index is 1.91. The molecule has 0 radical (unpaired) electrons. The predicted molar refractivity (Wildman–Crippen MR) is 150 cm³/mol. The highest BCUT2D eigenvalue weighted by Crippen LogP contribution is 2.34. The molecule has 2 amide bonds. The van der Waals surface area contributed by atoms with Crippen molar-refractivity contribution in [1.82, 2.24) is 0 Å². The molecule has 0 saturated heterocycles. The van der Waals surface area contributed by atoms with Gasteiger partial charge in [0.25, 0.3) is 0 Å². The van der Waals surface area contributed by atoms with Crippen molar-refractivity contribution >= 4 is 35.1 Å². The fourth-order valence-corrected chi connectivity index (χ4v) is 3.93. The van der Waals surface area contributed by atoms with Gasteiger partial charge in [-0.25, -0.2) is 9.59 Å². The fraction of sp³-hybridized carbons (Fsp3) is 0.161. The molecule has 0 bridgehead atoms. The van der Waals surface area contributed by atoms with Gasteiger partial charge < -0.3 is 20.8 Å². The van der Waals surface area contributed by atoms with E-state index in [9.17, 15) is 19.2 Å². The fourth-order valence-electron chi connectivity index (χ4n) is 3.93. The van der Waals surface area contributed by atoms with E-state index in [1.54, 1.807) is 24.3 Å². The first-order chi connectivity index (χ1) is 18.4. The van der Waals surface area contributed by atoms with Crippen molar-refractivity contribution in [1.29, 1.82) is 0 Å². The summed E-state index contributed by atoms with van der Waals surface area (Å²) >= 11 is 0. The number of carbonyl (C=O) groups is 4. The van der Waals surface area contributed by atoms with Gasteiger partial charge in [0.2, 0.25) is 11.8 Å². The SMILES string of the molecule is CC(C)(C)c1ccc(C(c2ccc(NC(=O)/C=C/C(=O)O)cc2)c2ccc(NC(=O)/C=C/C(=O)O)cc2)cc1. The van der Waals surface area contributed by atoms with Gasteiger partial charge in [-0.2, -0.15) is 0 Å². The molecular weight excluding hydrogens is 496 g/mol. The van der Waals surface area contributed by atoms with E-state index in [4.69, 9.17) is 10.2 Å². The third kappa shape index (κ3) is 8.53. The van der Waals surface area contributed by atoms with Crippen molar-refractivity contribution in [3.05, 3.63) is 119 Å². The van der Waals surface area contributed by atoms with Crippen LogP contribution >= 0.6 is 0 Å². The van der Waals surface area contributed by atoms with Crippen LogP contribution in [0.2, 0.25) is 0 Å². The molecule has 0 atom stereocenters. The van der Waals surface area contributed by atoms with E-state index in [0.29, 0.717) is 11.4 Å². The Labute approximate surface area is 226 Å². The summed E-state index contributed by atoms with van der Waals surface area (Å²) in [6.07, 6.45) is 3.45. The van der Waals surface area contributed by atoms with Crippen molar-refractivity contribution in [3.63, 3.8) is 0 Å². The van der Waals surface area contributed by atoms with E-state index in [0.717, 1.165) is 41.0 Å². The summed E-state index contributed by atoms with van der Waals surface area (Å²) in [6, 6.07) is 23.0. The number of amides is 2. The number of aliphatic carboxylic acids is 2. The predicted octanol–water partition coefficient (Wildman–Crippen LogP) is 5.32. The van der Waals surface area contributed by atoms with Crippen LogP contribution in [0.4, 0.5) is 11.4 Å². The third-order valence-corrected chi connectivity index (χ3v) is 5.89. The van der Waals surface area contributed by atoms with E-state index in [-0.39, 0.29) is 11.3 Å². The van der Waals surface area contributed by atoms with Gasteiger partial charge in [-0.3, -0.25) is 9.59 Å². The Hall–Kier alpha value is -4.98. The molecule has 200 valence electrons. The van der Waals surface area contributed by atoms with Crippen LogP contribution in [-0.2, 0) is 24.6 Å². The quantitative estimate of drug-likeness (QED) is 0.220. The molecular formula is C31H30N2O6. The van der Waals surface area contributed by atoms with Gasteiger partial charge in [0, 0.05) is 41.6 Å². The van der Waals surface area contributed by atoms with Crippen molar-refractivity contribution in [2.45, 2.75) is 32.1 Å². The molecule has 3 rings (SSSR count). The Bertz CT molecular complexity index is 1320. The molecule has 8 nitrogen and oxygen atoms in total. The second kappa shape index (κ2) is 12.5. The number of rotatable bonds is 9. The standard InChI is InChI=1S/C31H30N2O6/c1-31(2,3)23-10-4-20(5-11-23)30(21-6-12-24(13-7-21)32-26(34)16-18-28(36)37)22-8-14-25(15-9-22)33-27(35)17-19-29(38)39/h4-19,30H,1-3H3,(H,32,34)(H,33,35)(H,36,37)(H,38,39)/b18-16+,19-17+. The lowest BCUT2D eigenvalue weighted by Gasteiger charge is -2.23. The molecule has 39 heavy (non-hydrogen) atoms. The van der Waals surface area contributed by atoms with Gasteiger partial charge in [0.1, 0.15) is 0 Å². The molecule has 4 N–H and O–H groups in total. The Morgan fingerprint density at radius 3 is 1.23 bits per heavy atom. The molecule has 3 aromatic rings. The average molecular weight is 527 g/mol. The monoisotopic (exact) mass is 526 g/mol. The first kappa shape index (κ1) is 28.6. The maximum atomic E-state index is 11.9. The highest BCUT2D eigenvalue weighted by molar-refractivity contribution is 6.03. The first-order valence-electron chi connectivity index (χ1n) is 12.2. The van der Waals surface area contributed by atoms with Crippen molar-refractivity contribution < 1.29 is 29.4 Å². The topological polar surface area (TPSA) is 133 Å². The minimum atomic E-state index is -1.21. The Morgan fingerprint density at radius 1 is 0.590 bits per heavy atom. The van der Waals surface area contributed by atoms with Crippen LogP contribution in [0.25, 0.3) is 0 Å². The molecule has 0 aliphatic carbocycles. The number of benzene rings is 3.